The molecule has 1 amide bonds. The van der Waals surface area contributed by atoms with E-state index in [0.29, 0.717) is 28.2 Å². The molecule has 0 aromatic carbocycles. The topological polar surface area (TPSA) is 238 Å². The van der Waals surface area contributed by atoms with Gasteiger partial charge in [-0.1, -0.05) is 0 Å². The molecule has 4 heterocycles. The van der Waals surface area contributed by atoms with Crippen LogP contribution in [0.15, 0.2) is 29.0 Å². The molecule has 0 bridgehead atoms. The molecule has 6 N–H and O–H groups in total. The molecule has 208 valence electrons. The minimum absolute atomic E-state index is 0.0287. The summed E-state index contributed by atoms with van der Waals surface area (Å²) in [5.41, 5.74) is 0.435. The predicted molar refractivity (Wildman–Crippen MR) is 135 cm³/mol. The van der Waals surface area contributed by atoms with Gasteiger partial charge >= 0.3 is 0 Å². The quantitative estimate of drug-likeness (QED) is 0.355. The lowest BCUT2D eigenvalue weighted by atomic mass is 10.1. The molecule has 2 aromatic rings. The van der Waals surface area contributed by atoms with Gasteiger partial charge in [-0.25, -0.2) is 43.9 Å². The number of primary sulfonamides is 2. The van der Waals surface area contributed by atoms with Gasteiger partial charge in [0.2, 0.25) is 26.0 Å². The summed E-state index contributed by atoms with van der Waals surface area (Å²) in [5.74, 6) is -0.309. The monoisotopic (exact) mass is 635 g/mol. The largest absolute Gasteiger partial charge is 0.388 e. The van der Waals surface area contributed by atoms with E-state index < -0.39 is 62.4 Å². The Bertz CT molecular complexity index is 1670. The number of amides is 1. The predicted octanol–water partition coefficient (Wildman–Crippen LogP) is 0.133. The molecule has 0 aliphatic carbocycles. The van der Waals surface area contributed by atoms with Crippen LogP contribution in [0.3, 0.4) is 0 Å². The summed E-state index contributed by atoms with van der Waals surface area (Å²) >= 11 is 1.23. The summed E-state index contributed by atoms with van der Waals surface area (Å²) in [6.45, 7) is 4.33. The molecule has 0 spiro atoms. The molecular formula is C18H25N3O10S6. The second kappa shape index (κ2) is 9.94. The molecule has 2 aliphatic rings. The smallest absolute Gasteiger partial charge is 0.247 e. The molecule has 13 nitrogen and oxygen atoms in total. The Morgan fingerprint density at radius 3 is 1.73 bits per heavy atom. The average molecular weight is 636 g/mol. The van der Waals surface area contributed by atoms with Crippen molar-refractivity contribution in [1.29, 1.82) is 0 Å². The van der Waals surface area contributed by atoms with Crippen LogP contribution in [0.5, 0.6) is 0 Å². The number of fused-ring (bicyclic) bond motifs is 2. The van der Waals surface area contributed by atoms with Crippen LogP contribution >= 0.6 is 22.7 Å². The Labute approximate surface area is 222 Å². The van der Waals surface area contributed by atoms with Crippen LogP contribution in [0.2, 0.25) is 0 Å². The van der Waals surface area contributed by atoms with Crippen molar-refractivity contribution in [2.24, 2.45) is 10.3 Å². The molecular weight excluding hydrogens is 611 g/mol. The van der Waals surface area contributed by atoms with Crippen molar-refractivity contribution in [3.05, 3.63) is 23.3 Å². The molecule has 0 saturated heterocycles. The molecule has 2 aromatic heterocycles. The lowest BCUT2D eigenvalue weighted by Crippen LogP contribution is -2.35. The van der Waals surface area contributed by atoms with Gasteiger partial charge in [0, 0.05) is 18.1 Å². The first-order valence-electron chi connectivity index (χ1n) is 10.4. The van der Waals surface area contributed by atoms with E-state index in [-0.39, 0.29) is 41.1 Å². The minimum atomic E-state index is -3.98. The van der Waals surface area contributed by atoms with Crippen molar-refractivity contribution in [3.8, 4) is 0 Å². The summed E-state index contributed by atoms with van der Waals surface area (Å²) < 4.78 is 92.9. The molecule has 4 unspecified atom stereocenters. The third kappa shape index (κ3) is 5.93. The van der Waals surface area contributed by atoms with Gasteiger partial charge in [-0.2, -0.15) is 0 Å². The highest BCUT2D eigenvalue weighted by Gasteiger charge is 2.40. The third-order valence-electron chi connectivity index (χ3n) is 5.78. The lowest BCUT2D eigenvalue weighted by Gasteiger charge is -2.27. The Morgan fingerprint density at radius 2 is 1.30 bits per heavy atom. The zero-order valence-corrected chi connectivity index (χ0v) is 24.5. The molecule has 4 atom stereocenters. The van der Waals surface area contributed by atoms with Gasteiger partial charge in [0.1, 0.15) is 16.8 Å². The van der Waals surface area contributed by atoms with E-state index in [1.54, 1.807) is 0 Å². The lowest BCUT2D eigenvalue weighted by molar-refractivity contribution is -0.119. The Morgan fingerprint density at radius 1 is 0.892 bits per heavy atom. The summed E-state index contributed by atoms with van der Waals surface area (Å²) in [7, 11) is -15.1. The zero-order chi connectivity index (χ0) is 28.3. The van der Waals surface area contributed by atoms with Gasteiger partial charge in [0.25, 0.3) is 0 Å². The van der Waals surface area contributed by atoms with Crippen LogP contribution in [-0.2, 0) is 44.5 Å². The van der Waals surface area contributed by atoms with E-state index in [0.717, 1.165) is 6.07 Å². The first-order valence-corrected chi connectivity index (χ1v) is 18.2. The highest BCUT2D eigenvalue weighted by atomic mass is 32.3. The maximum Gasteiger partial charge on any atom is 0.247 e. The minimum Gasteiger partial charge on any atom is -0.388 e. The first-order chi connectivity index (χ1) is 16.7. The number of rotatable bonds is 3. The van der Waals surface area contributed by atoms with Crippen molar-refractivity contribution < 1.29 is 43.6 Å². The van der Waals surface area contributed by atoms with E-state index in [4.69, 9.17) is 10.3 Å². The summed E-state index contributed by atoms with van der Waals surface area (Å²) in [6.07, 6.45) is -0.693. The fraction of sp³-hybridized carbons (Fsp3) is 0.500. The standard InChI is InChI=1S/C10H14N2O5S3.C8H11NO5S3/c1-5-3-8(12-6(2)13)7-4-9(20(11,16)17)18-10(7)19(5,14)15;1-4-2-6(10)5-3-7(17(9,13)14)15-8(5)16(4,11)12/h4-5,8H,3H2,1-2H3,(H,12,13)(H2,11,16,17);3-4,6,10H,2H2,1H3,(H2,9,13,14). The molecule has 4 rings (SSSR count). The Balaban J connectivity index is 0.000000208. The maximum atomic E-state index is 12.2. The number of carbonyl (C=O) groups is 1. The zero-order valence-electron chi connectivity index (χ0n) is 19.6. The fourth-order valence-corrected chi connectivity index (χ4v) is 12.6. The maximum absolute atomic E-state index is 12.2. The van der Waals surface area contributed by atoms with Gasteiger partial charge in [-0.3, -0.25) is 4.79 Å². The number of aliphatic hydroxyl groups is 1. The van der Waals surface area contributed by atoms with Crippen LogP contribution in [0.25, 0.3) is 0 Å². The van der Waals surface area contributed by atoms with E-state index >= 15 is 0 Å². The second-order valence-corrected chi connectivity index (χ2v) is 19.5. The average Bonchev–Trinajstić information content (AvgIpc) is 3.37. The summed E-state index contributed by atoms with van der Waals surface area (Å²) in [6, 6.07) is 1.86. The van der Waals surface area contributed by atoms with Crippen molar-refractivity contribution in [1.82, 2.24) is 5.32 Å². The molecule has 0 radical (unpaired) electrons. The summed E-state index contributed by atoms with van der Waals surface area (Å²) in [4.78, 5) is 11.2. The van der Waals surface area contributed by atoms with E-state index in [1.807, 2.05) is 0 Å². The molecule has 37 heavy (non-hydrogen) atoms. The Hall–Kier alpha value is -1.45. The number of carbonyl (C=O) groups excluding carboxylic acids is 1. The third-order valence-corrected chi connectivity index (χ3v) is 16.4. The first kappa shape index (κ1) is 30.1. The highest BCUT2D eigenvalue weighted by Crippen LogP contribution is 2.43. The van der Waals surface area contributed by atoms with Crippen LogP contribution in [0.4, 0.5) is 0 Å². The highest BCUT2D eigenvalue weighted by molar-refractivity contribution is 7.96. The number of hydrogen-bond acceptors (Lipinski definition) is 12. The van der Waals surface area contributed by atoms with E-state index in [9.17, 15) is 43.6 Å². The number of nitrogens with two attached hydrogens (primary N) is 2. The fourth-order valence-electron chi connectivity index (χ4n) is 3.83. The number of sulfonamides is 2. The number of aliphatic hydroxyl groups excluding tert-OH is 1. The van der Waals surface area contributed by atoms with Gasteiger partial charge in [-0.05, 0) is 38.8 Å². The van der Waals surface area contributed by atoms with Gasteiger partial charge in [-0.15, -0.1) is 22.7 Å². The SMILES string of the molecule is CC(=O)NC1CC(C)S(=O)(=O)c2sc(S(N)(=O)=O)cc21.CC1CC(O)c2cc(S(N)(=O)=O)sc2S1(=O)=O. The van der Waals surface area contributed by atoms with Crippen LogP contribution in [0.1, 0.15) is 56.9 Å². The van der Waals surface area contributed by atoms with Crippen molar-refractivity contribution in [2.75, 3.05) is 0 Å². The number of sulfone groups is 2. The van der Waals surface area contributed by atoms with E-state index in [1.165, 1.54) is 26.8 Å². The second-order valence-electron chi connectivity index (χ2n) is 8.66. The number of hydrogen-bond donors (Lipinski definition) is 4. The van der Waals surface area contributed by atoms with Crippen molar-refractivity contribution >= 4 is 68.3 Å². The molecule has 19 heteroatoms. The number of nitrogens with one attached hydrogen (secondary N) is 1. The molecule has 0 saturated carbocycles. The normalized spacial score (nSPS) is 26.2. The van der Waals surface area contributed by atoms with Gasteiger partial charge in [0.15, 0.2) is 19.7 Å². The van der Waals surface area contributed by atoms with Crippen LogP contribution in [-0.4, -0.2) is 55.2 Å². The van der Waals surface area contributed by atoms with Crippen LogP contribution < -0.4 is 15.6 Å². The number of thiophene rings is 2. The van der Waals surface area contributed by atoms with Gasteiger partial charge < -0.3 is 10.4 Å². The van der Waals surface area contributed by atoms with Crippen molar-refractivity contribution in [2.45, 2.75) is 73.1 Å². The Kier molecular flexibility index (Phi) is 8.09. The summed E-state index contributed by atoms with van der Waals surface area (Å²) in [5, 5.41) is 21.0. The van der Waals surface area contributed by atoms with Gasteiger partial charge in [0.05, 0.1) is 22.6 Å². The van der Waals surface area contributed by atoms with E-state index in [2.05, 4.69) is 5.32 Å². The molecule has 2 aliphatic heterocycles. The van der Waals surface area contributed by atoms with Crippen molar-refractivity contribution in [3.63, 3.8) is 0 Å². The van der Waals surface area contributed by atoms with Crippen LogP contribution in [0, 0.1) is 0 Å². The molecule has 0 fully saturated rings.